The van der Waals surface area contributed by atoms with Crippen molar-refractivity contribution in [2.24, 2.45) is 0 Å². The molecular weight excluding hydrogens is 380 g/mol. The van der Waals surface area contributed by atoms with Crippen LogP contribution in [0.1, 0.15) is 0 Å². The van der Waals surface area contributed by atoms with Crippen LogP contribution in [0.5, 0.6) is 0 Å². The van der Waals surface area contributed by atoms with Gasteiger partial charge in [-0.05, 0) is 23.6 Å². The van der Waals surface area contributed by atoms with Crippen molar-refractivity contribution in [3.8, 4) is 0 Å². The number of pyridine rings is 1. The zero-order valence-corrected chi connectivity index (χ0v) is 16.4. The van der Waals surface area contributed by atoms with Gasteiger partial charge in [0.1, 0.15) is 11.3 Å². The van der Waals surface area contributed by atoms with E-state index in [0.29, 0.717) is 11.0 Å². The number of hydrogen-bond donors (Lipinski definition) is 0. The summed E-state index contributed by atoms with van der Waals surface area (Å²) in [6, 6.07) is 31.1. The van der Waals surface area contributed by atoms with Gasteiger partial charge in [0.05, 0.1) is 5.52 Å². The minimum absolute atomic E-state index is 0.313. The van der Waals surface area contributed by atoms with E-state index in [9.17, 15) is 8.96 Å². The topological polar surface area (TPSA) is 30.0 Å². The highest BCUT2D eigenvalue weighted by Crippen LogP contribution is 2.44. The van der Waals surface area contributed by atoms with Crippen molar-refractivity contribution in [2.45, 2.75) is 0 Å². The van der Waals surface area contributed by atoms with Gasteiger partial charge in [0.2, 0.25) is 0 Å². The Morgan fingerprint density at radius 1 is 0.621 bits per heavy atom. The quantitative estimate of drug-likeness (QED) is 0.311. The molecule has 0 unspecified atom stereocenters. The van der Waals surface area contributed by atoms with Gasteiger partial charge >= 0.3 is 0 Å². The normalized spacial score (nSPS) is 11.8. The minimum atomic E-state index is -3.24. The van der Waals surface area contributed by atoms with Crippen molar-refractivity contribution >= 4 is 44.9 Å². The van der Waals surface area contributed by atoms with E-state index in [0.717, 1.165) is 26.8 Å². The fourth-order valence-corrected chi connectivity index (χ4v) is 6.57. The molecule has 2 nitrogen and oxygen atoms in total. The molecule has 0 N–H and O–H groups in total. The highest BCUT2D eigenvalue weighted by molar-refractivity contribution is 7.85. The molecule has 0 aliphatic carbocycles. The molecule has 4 heteroatoms. The van der Waals surface area contributed by atoms with Crippen LogP contribution in [0.4, 0.5) is 4.39 Å². The molecule has 5 rings (SSSR count). The van der Waals surface area contributed by atoms with Crippen molar-refractivity contribution < 1.29 is 8.96 Å². The maximum Gasteiger partial charge on any atom is 0.189 e. The van der Waals surface area contributed by atoms with E-state index in [4.69, 9.17) is 4.98 Å². The first-order chi connectivity index (χ1) is 14.2. The molecule has 0 fully saturated rings. The highest BCUT2D eigenvalue weighted by Gasteiger charge is 2.33. The molecule has 0 aliphatic rings. The van der Waals surface area contributed by atoms with E-state index >= 15 is 0 Å². The van der Waals surface area contributed by atoms with Gasteiger partial charge in [-0.25, -0.2) is 9.37 Å². The molecule has 0 atom stereocenters. The summed E-state index contributed by atoms with van der Waals surface area (Å²) >= 11 is 0. The van der Waals surface area contributed by atoms with E-state index in [1.54, 1.807) is 6.07 Å². The number of rotatable bonds is 3. The third kappa shape index (κ3) is 2.86. The van der Waals surface area contributed by atoms with Crippen LogP contribution >= 0.6 is 7.14 Å². The molecule has 140 valence electrons. The van der Waals surface area contributed by atoms with Gasteiger partial charge in [0.15, 0.2) is 7.14 Å². The van der Waals surface area contributed by atoms with Crippen LogP contribution in [0, 0.1) is 5.82 Å². The first kappa shape index (κ1) is 17.8. The van der Waals surface area contributed by atoms with Gasteiger partial charge in [-0.1, -0.05) is 84.9 Å². The fourth-order valence-electron chi connectivity index (χ4n) is 3.82. The van der Waals surface area contributed by atoms with Crippen LogP contribution in [0.15, 0.2) is 103 Å². The predicted octanol–water partition coefficient (Wildman–Crippen LogP) is 5.17. The maximum atomic E-state index is 14.8. The molecule has 1 heterocycles. The number of nitrogens with zero attached hydrogens (tertiary/aromatic N) is 1. The summed E-state index contributed by atoms with van der Waals surface area (Å²) in [6.45, 7) is 0. The lowest BCUT2D eigenvalue weighted by Crippen LogP contribution is -2.27. The lowest BCUT2D eigenvalue weighted by atomic mass is 10.1. The average molecular weight is 397 g/mol. The molecule has 0 amide bonds. The first-order valence-electron chi connectivity index (χ1n) is 9.38. The standard InChI is InChI=1S/C25H17FNOP/c26-18-15-16-24-23(17-18)21-13-7-8-14-22(21)25(27-24)29(28,19-9-3-1-4-10-19)20-11-5-2-6-12-20/h1-17H. The van der Waals surface area contributed by atoms with Gasteiger partial charge in [0.25, 0.3) is 0 Å². The third-order valence-electron chi connectivity index (χ3n) is 5.18. The number of benzene rings is 4. The van der Waals surface area contributed by atoms with Crippen molar-refractivity contribution in [1.29, 1.82) is 0 Å². The SMILES string of the molecule is O=P(c1ccccc1)(c1ccccc1)c1nc2ccc(F)cc2c2ccccc12. The maximum absolute atomic E-state index is 14.8. The second-order valence-corrected chi connectivity index (χ2v) is 9.60. The molecule has 5 aromatic rings. The molecule has 0 saturated heterocycles. The van der Waals surface area contributed by atoms with Gasteiger partial charge in [-0.3, -0.25) is 0 Å². The zero-order valence-electron chi connectivity index (χ0n) is 15.5. The van der Waals surface area contributed by atoms with Gasteiger partial charge in [-0.2, -0.15) is 0 Å². The van der Waals surface area contributed by atoms with E-state index in [2.05, 4.69) is 0 Å². The minimum Gasteiger partial charge on any atom is -0.307 e. The molecule has 0 bridgehead atoms. The van der Waals surface area contributed by atoms with Crippen molar-refractivity contribution in [3.05, 3.63) is 109 Å². The zero-order chi connectivity index (χ0) is 19.8. The molecule has 29 heavy (non-hydrogen) atoms. The Hall–Kier alpha value is -3.29. The Balaban J connectivity index is 1.95. The van der Waals surface area contributed by atoms with Crippen LogP contribution in [-0.2, 0) is 4.57 Å². The Kier molecular flexibility index (Phi) is 4.26. The summed E-state index contributed by atoms with van der Waals surface area (Å²) in [5.41, 5.74) is 1.16. The lowest BCUT2D eigenvalue weighted by molar-refractivity contribution is 0.592. The average Bonchev–Trinajstić information content (AvgIpc) is 2.79. The number of halogens is 1. The van der Waals surface area contributed by atoms with Crippen molar-refractivity contribution in [2.75, 3.05) is 0 Å². The summed E-state index contributed by atoms with van der Waals surface area (Å²) < 4.78 is 28.8. The third-order valence-corrected chi connectivity index (χ3v) is 8.17. The summed E-state index contributed by atoms with van der Waals surface area (Å²) in [7, 11) is -3.24. The van der Waals surface area contributed by atoms with Crippen LogP contribution in [-0.4, -0.2) is 4.98 Å². The smallest absolute Gasteiger partial charge is 0.189 e. The van der Waals surface area contributed by atoms with Crippen LogP contribution in [0.25, 0.3) is 21.7 Å². The van der Waals surface area contributed by atoms with Crippen molar-refractivity contribution in [1.82, 2.24) is 4.98 Å². The van der Waals surface area contributed by atoms with Gasteiger partial charge < -0.3 is 4.57 Å². The highest BCUT2D eigenvalue weighted by atomic mass is 31.2. The Labute approximate surface area is 168 Å². The Morgan fingerprint density at radius 2 is 1.17 bits per heavy atom. The Bertz CT molecular complexity index is 1340. The first-order valence-corrected chi connectivity index (χ1v) is 11.1. The molecule has 1 aromatic heterocycles. The Morgan fingerprint density at radius 3 is 1.79 bits per heavy atom. The van der Waals surface area contributed by atoms with E-state index in [1.807, 2.05) is 84.9 Å². The monoisotopic (exact) mass is 397 g/mol. The molecule has 0 spiro atoms. The van der Waals surface area contributed by atoms with Crippen LogP contribution in [0.3, 0.4) is 0 Å². The summed E-state index contributed by atoms with van der Waals surface area (Å²) in [6.07, 6.45) is 0. The van der Waals surface area contributed by atoms with Crippen molar-refractivity contribution in [3.63, 3.8) is 0 Å². The second kappa shape index (κ2) is 6.95. The largest absolute Gasteiger partial charge is 0.307 e. The summed E-state index contributed by atoms with van der Waals surface area (Å²) in [5, 5.41) is 3.80. The second-order valence-electron chi connectivity index (χ2n) is 6.92. The number of aromatic nitrogens is 1. The molecule has 0 aliphatic heterocycles. The predicted molar refractivity (Wildman–Crippen MR) is 119 cm³/mol. The molecule has 0 radical (unpaired) electrons. The summed E-state index contributed by atoms with van der Waals surface area (Å²) in [4.78, 5) is 4.84. The molecular formula is C25H17FNOP. The van der Waals surface area contributed by atoms with Crippen LogP contribution in [0.2, 0.25) is 0 Å². The van der Waals surface area contributed by atoms with E-state index < -0.39 is 7.14 Å². The lowest BCUT2D eigenvalue weighted by Gasteiger charge is -2.21. The molecule has 0 saturated carbocycles. The van der Waals surface area contributed by atoms with E-state index in [-0.39, 0.29) is 5.82 Å². The van der Waals surface area contributed by atoms with Gasteiger partial charge in [0, 0.05) is 21.4 Å². The molecule has 4 aromatic carbocycles. The number of hydrogen-bond acceptors (Lipinski definition) is 2. The number of fused-ring (bicyclic) bond motifs is 3. The fraction of sp³-hybridized carbons (Fsp3) is 0. The van der Waals surface area contributed by atoms with Crippen LogP contribution < -0.4 is 16.0 Å². The van der Waals surface area contributed by atoms with Gasteiger partial charge in [-0.15, -0.1) is 0 Å². The summed E-state index contributed by atoms with van der Waals surface area (Å²) in [5.74, 6) is -0.313. The van der Waals surface area contributed by atoms with E-state index in [1.165, 1.54) is 12.1 Å².